The number of anilines is 2. The lowest BCUT2D eigenvalue weighted by molar-refractivity contribution is -0.137. The Bertz CT molecular complexity index is 1300. The number of carbonyl (C=O) groups excluding carboxylic acids is 2. The molecule has 1 saturated carbocycles. The average Bonchev–Trinajstić information content (AvgIpc) is 3.63. The predicted molar refractivity (Wildman–Crippen MR) is 127 cm³/mol. The van der Waals surface area contributed by atoms with Crippen molar-refractivity contribution in [1.29, 1.82) is 0 Å². The Balaban J connectivity index is 1.34. The fourth-order valence-corrected chi connectivity index (χ4v) is 4.00. The number of halogens is 5. The molecule has 1 aromatic heterocycles. The number of nitrogens with zero attached hydrogens (tertiary/aromatic N) is 1. The maximum absolute atomic E-state index is 13.9. The minimum absolute atomic E-state index is 0.128. The first-order valence-corrected chi connectivity index (χ1v) is 11.5. The van der Waals surface area contributed by atoms with Gasteiger partial charge in [-0.15, -0.1) is 0 Å². The molecule has 2 N–H and O–H groups in total. The smallest absolute Gasteiger partial charge is 0.355 e. The molecule has 1 aliphatic carbocycles. The molecule has 0 spiro atoms. The molecule has 1 amide bonds. The molecule has 37 heavy (non-hydrogen) atoms. The monoisotopic (exact) mass is 517 g/mol. The van der Waals surface area contributed by atoms with Crippen LogP contribution in [0.1, 0.15) is 53.2 Å². The highest BCUT2D eigenvalue weighted by Crippen LogP contribution is 2.49. The van der Waals surface area contributed by atoms with Crippen LogP contribution in [-0.4, -0.2) is 16.7 Å². The lowest BCUT2D eigenvalue weighted by Crippen LogP contribution is -2.33. The van der Waals surface area contributed by atoms with Gasteiger partial charge in [0, 0.05) is 54.8 Å². The number of carbonyl (C=O) groups is 2. The topological polar surface area (TPSA) is 71.1 Å². The quantitative estimate of drug-likeness (QED) is 0.247. The van der Waals surface area contributed by atoms with E-state index in [0.29, 0.717) is 24.7 Å². The van der Waals surface area contributed by atoms with Gasteiger partial charge in [0.05, 0.1) is 11.0 Å². The van der Waals surface area contributed by atoms with Crippen LogP contribution >= 0.6 is 0 Å². The molecule has 0 saturated heterocycles. The summed E-state index contributed by atoms with van der Waals surface area (Å²) >= 11 is 0. The van der Waals surface area contributed by atoms with E-state index in [1.54, 1.807) is 42.5 Å². The number of pyridine rings is 1. The highest BCUT2D eigenvalue weighted by molar-refractivity contribution is 6.00. The Morgan fingerprint density at radius 1 is 0.973 bits per heavy atom. The van der Waals surface area contributed by atoms with Crippen molar-refractivity contribution in [1.82, 2.24) is 10.3 Å². The Labute approximate surface area is 210 Å². The molecule has 0 bridgehead atoms. The van der Waals surface area contributed by atoms with Crippen molar-refractivity contribution in [2.45, 2.75) is 44.8 Å². The van der Waals surface area contributed by atoms with Crippen molar-refractivity contribution in [2.75, 3.05) is 5.32 Å². The molecular weight excluding hydrogens is 493 g/mol. The highest BCUT2D eigenvalue weighted by Gasteiger charge is 2.51. The lowest BCUT2D eigenvalue weighted by atomic mass is 9.94. The van der Waals surface area contributed by atoms with Crippen LogP contribution in [-0.2, 0) is 23.4 Å². The number of rotatable bonds is 9. The number of ketones is 1. The minimum atomic E-state index is -4.62. The van der Waals surface area contributed by atoms with Crippen LogP contribution in [0.2, 0.25) is 0 Å². The van der Waals surface area contributed by atoms with Crippen LogP contribution in [0.4, 0.5) is 33.3 Å². The number of Topliss-reactive ketones (excluding diaryl/α,β-unsaturated/α-hetero) is 1. The first-order valence-electron chi connectivity index (χ1n) is 11.5. The van der Waals surface area contributed by atoms with Gasteiger partial charge in [-0.2, -0.15) is 13.2 Å². The van der Waals surface area contributed by atoms with Crippen LogP contribution < -0.4 is 10.6 Å². The molecule has 1 fully saturated rings. The summed E-state index contributed by atoms with van der Waals surface area (Å²) in [5, 5.41) is 5.76. The van der Waals surface area contributed by atoms with Crippen molar-refractivity contribution in [3.63, 3.8) is 0 Å². The molecule has 5 nitrogen and oxygen atoms in total. The second-order valence-electron chi connectivity index (χ2n) is 9.28. The molecule has 1 aliphatic rings. The van der Waals surface area contributed by atoms with E-state index < -0.39 is 28.9 Å². The van der Waals surface area contributed by atoms with Crippen LogP contribution in [0.3, 0.4) is 0 Å². The number of para-hydroxylation sites is 1. The van der Waals surface area contributed by atoms with Gasteiger partial charge in [0.15, 0.2) is 5.78 Å². The average molecular weight is 517 g/mol. The van der Waals surface area contributed by atoms with E-state index in [1.165, 1.54) is 6.07 Å². The maximum atomic E-state index is 13.9. The molecule has 0 radical (unpaired) electrons. The second kappa shape index (κ2) is 9.91. The van der Waals surface area contributed by atoms with Crippen LogP contribution in [0.15, 0.2) is 67.0 Å². The predicted octanol–water partition coefficient (Wildman–Crippen LogP) is 6.63. The van der Waals surface area contributed by atoms with Crippen LogP contribution in [0.25, 0.3) is 0 Å². The molecule has 10 heteroatoms. The van der Waals surface area contributed by atoms with Crippen molar-refractivity contribution in [3.8, 4) is 0 Å². The number of amides is 1. The molecule has 2 aromatic carbocycles. The highest BCUT2D eigenvalue weighted by atomic mass is 19.4. The Hall–Kier alpha value is -3.82. The van der Waals surface area contributed by atoms with Gasteiger partial charge in [-0.3, -0.25) is 14.6 Å². The summed E-state index contributed by atoms with van der Waals surface area (Å²) in [6.45, 7) is 1.000. The van der Waals surface area contributed by atoms with E-state index in [1.807, 2.05) is 0 Å². The Morgan fingerprint density at radius 2 is 1.65 bits per heavy atom. The summed E-state index contributed by atoms with van der Waals surface area (Å²) in [5.74, 6) is -3.92. The van der Waals surface area contributed by atoms with Crippen molar-refractivity contribution < 1.29 is 31.5 Å². The zero-order valence-electron chi connectivity index (χ0n) is 19.8. The SMILES string of the molecule is CC(F)(F)c1ccccc1Nc1ccc(CNC(=O)C2(CC(=O)c3cncc(C(F)(F)F)c3)CC2)cc1. The summed E-state index contributed by atoms with van der Waals surface area (Å²) in [7, 11) is 0. The third-order valence-electron chi connectivity index (χ3n) is 6.31. The summed E-state index contributed by atoms with van der Waals surface area (Å²) < 4.78 is 66.5. The molecular formula is C27H24F5N3O2. The van der Waals surface area contributed by atoms with E-state index in [2.05, 4.69) is 15.6 Å². The van der Waals surface area contributed by atoms with Gasteiger partial charge < -0.3 is 10.6 Å². The van der Waals surface area contributed by atoms with Gasteiger partial charge in [-0.1, -0.05) is 30.3 Å². The van der Waals surface area contributed by atoms with Gasteiger partial charge in [-0.05, 0) is 42.7 Å². The Kier molecular flexibility index (Phi) is 7.03. The van der Waals surface area contributed by atoms with E-state index in [0.717, 1.165) is 24.8 Å². The maximum Gasteiger partial charge on any atom is 0.417 e. The van der Waals surface area contributed by atoms with Crippen molar-refractivity contribution in [2.24, 2.45) is 5.41 Å². The third-order valence-corrected chi connectivity index (χ3v) is 6.31. The second-order valence-corrected chi connectivity index (χ2v) is 9.28. The minimum Gasteiger partial charge on any atom is -0.355 e. The number of hydrogen-bond donors (Lipinski definition) is 2. The zero-order valence-corrected chi connectivity index (χ0v) is 19.8. The molecule has 0 unspecified atom stereocenters. The van der Waals surface area contributed by atoms with Crippen molar-refractivity contribution >= 4 is 23.1 Å². The van der Waals surface area contributed by atoms with E-state index >= 15 is 0 Å². The van der Waals surface area contributed by atoms with E-state index in [4.69, 9.17) is 0 Å². The van der Waals surface area contributed by atoms with Gasteiger partial charge in [0.25, 0.3) is 5.92 Å². The fourth-order valence-electron chi connectivity index (χ4n) is 4.00. The summed E-state index contributed by atoms with van der Waals surface area (Å²) in [5.41, 5.74) is -0.647. The normalized spacial score (nSPS) is 14.6. The molecule has 1 heterocycles. The zero-order chi connectivity index (χ0) is 26.8. The summed E-state index contributed by atoms with van der Waals surface area (Å²) in [6, 6.07) is 13.7. The number of nitrogens with one attached hydrogen (secondary N) is 2. The van der Waals surface area contributed by atoms with Crippen LogP contribution in [0, 0.1) is 5.41 Å². The van der Waals surface area contributed by atoms with Gasteiger partial charge in [0.1, 0.15) is 0 Å². The first kappa shape index (κ1) is 26.2. The van der Waals surface area contributed by atoms with Crippen LogP contribution in [0.5, 0.6) is 0 Å². The largest absolute Gasteiger partial charge is 0.417 e. The van der Waals surface area contributed by atoms with E-state index in [-0.39, 0.29) is 35.7 Å². The number of alkyl halides is 5. The molecule has 0 aliphatic heterocycles. The Morgan fingerprint density at radius 3 is 2.27 bits per heavy atom. The number of aromatic nitrogens is 1. The summed E-state index contributed by atoms with van der Waals surface area (Å²) in [6.07, 6.45) is -2.18. The molecule has 4 rings (SSSR count). The third kappa shape index (κ3) is 6.31. The first-order chi connectivity index (χ1) is 17.4. The molecule has 3 aromatic rings. The summed E-state index contributed by atoms with van der Waals surface area (Å²) in [4.78, 5) is 28.9. The molecule has 0 atom stereocenters. The van der Waals surface area contributed by atoms with E-state index in [9.17, 15) is 31.5 Å². The van der Waals surface area contributed by atoms with Gasteiger partial charge in [-0.25, -0.2) is 8.78 Å². The van der Waals surface area contributed by atoms with Gasteiger partial charge in [0.2, 0.25) is 5.91 Å². The number of benzene rings is 2. The van der Waals surface area contributed by atoms with Gasteiger partial charge >= 0.3 is 6.18 Å². The standard InChI is InChI=1S/C27H24F5N3O2/c1-25(28,29)21-4-2-3-5-22(21)35-20-8-6-17(7-9-20)14-34-24(37)26(10-11-26)13-23(36)18-12-19(16-33-15-18)27(30,31)32/h2-9,12,15-16,35H,10-11,13-14H2,1H3,(H,34,37). The lowest BCUT2D eigenvalue weighted by Gasteiger charge is -2.17. The molecule has 194 valence electrons. The van der Waals surface area contributed by atoms with Crippen molar-refractivity contribution in [3.05, 3.63) is 89.2 Å². The fraction of sp³-hybridized carbons (Fsp3) is 0.296. The number of hydrogen-bond acceptors (Lipinski definition) is 4.